The summed E-state index contributed by atoms with van der Waals surface area (Å²) in [5.41, 5.74) is 1.27. The zero-order valence-corrected chi connectivity index (χ0v) is 12.0. The van der Waals surface area contributed by atoms with Crippen molar-refractivity contribution in [3.63, 3.8) is 0 Å². The van der Waals surface area contributed by atoms with Gasteiger partial charge in [0.15, 0.2) is 0 Å². The van der Waals surface area contributed by atoms with Crippen LogP contribution in [-0.2, 0) is 16.1 Å². The number of fused-ring (bicyclic) bond motifs is 1. The van der Waals surface area contributed by atoms with Crippen molar-refractivity contribution in [1.29, 1.82) is 0 Å². The van der Waals surface area contributed by atoms with Gasteiger partial charge in [-0.05, 0) is 25.5 Å². The average Bonchev–Trinajstić information content (AvgIpc) is 3.05. The lowest BCUT2D eigenvalue weighted by Gasteiger charge is -2.16. The zero-order chi connectivity index (χ0) is 14.8. The van der Waals surface area contributed by atoms with Gasteiger partial charge in [0.05, 0.1) is 17.1 Å². The predicted molar refractivity (Wildman–Crippen MR) is 79.2 cm³/mol. The third-order valence-corrected chi connectivity index (χ3v) is 3.88. The van der Waals surface area contributed by atoms with Gasteiger partial charge >= 0.3 is 5.69 Å². The molecule has 2 heterocycles. The number of carbonyl (C=O) groups is 1. The van der Waals surface area contributed by atoms with Crippen molar-refractivity contribution in [3.05, 3.63) is 34.7 Å². The molecule has 1 aliphatic rings. The van der Waals surface area contributed by atoms with Gasteiger partial charge in [-0.15, -0.1) is 0 Å². The third kappa shape index (κ3) is 2.71. The molecular formula is C15H19N3O3. The number of carbonyl (C=O) groups excluding carboxylic acids is 1. The van der Waals surface area contributed by atoms with Gasteiger partial charge < -0.3 is 14.6 Å². The van der Waals surface area contributed by atoms with Gasteiger partial charge in [0.25, 0.3) is 0 Å². The molecule has 1 atom stereocenters. The summed E-state index contributed by atoms with van der Waals surface area (Å²) in [6, 6.07) is 7.39. The maximum Gasteiger partial charge on any atom is 0.326 e. The Bertz CT molecular complexity index is 703. The summed E-state index contributed by atoms with van der Waals surface area (Å²) in [4.78, 5) is 28.9. The van der Waals surface area contributed by atoms with Crippen molar-refractivity contribution in [1.82, 2.24) is 14.5 Å². The Morgan fingerprint density at radius 1 is 1.43 bits per heavy atom. The minimum Gasteiger partial charge on any atom is -0.377 e. The summed E-state index contributed by atoms with van der Waals surface area (Å²) in [5, 5.41) is 0. The Balaban J connectivity index is 1.75. The van der Waals surface area contributed by atoms with Gasteiger partial charge in [-0.3, -0.25) is 9.36 Å². The Labute approximate surface area is 122 Å². The molecule has 0 aliphatic carbocycles. The van der Waals surface area contributed by atoms with Crippen LogP contribution in [0, 0.1) is 0 Å². The Kier molecular flexibility index (Phi) is 3.79. The number of imidazole rings is 1. The lowest BCUT2D eigenvalue weighted by Crippen LogP contribution is -2.35. The molecule has 21 heavy (non-hydrogen) atoms. The second-order valence-electron chi connectivity index (χ2n) is 5.24. The van der Waals surface area contributed by atoms with E-state index in [0.717, 1.165) is 17.5 Å². The smallest absolute Gasteiger partial charge is 0.326 e. The summed E-state index contributed by atoms with van der Waals surface area (Å²) in [7, 11) is 0. The molecule has 1 aromatic heterocycles. The van der Waals surface area contributed by atoms with E-state index in [0.29, 0.717) is 19.7 Å². The maximum absolute atomic E-state index is 12.4. The van der Waals surface area contributed by atoms with Gasteiger partial charge in [0.2, 0.25) is 5.91 Å². The molecule has 2 aromatic rings. The number of benzene rings is 1. The van der Waals surface area contributed by atoms with Gasteiger partial charge in [-0.1, -0.05) is 12.1 Å². The fourth-order valence-corrected chi connectivity index (χ4v) is 2.83. The second kappa shape index (κ2) is 5.73. The van der Waals surface area contributed by atoms with Crippen LogP contribution < -0.4 is 5.69 Å². The molecule has 0 radical (unpaired) electrons. The number of rotatable bonds is 4. The lowest BCUT2D eigenvalue weighted by molar-refractivity contribution is -0.131. The number of hydrogen-bond acceptors (Lipinski definition) is 3. The van der Waals surface area contributed by atoms with Crippen molar-refractivity contribution in [2.75, 3.05) is 19.7 Å². The first kappa shape index (κ1) is 13.9. The first-order chi connectivity index (χ1) is 10.2. The number of para-hydroxylation sites is 2. The van der Waals surface area contributed by atoms with Crippen LogP contribution in [0.15, 0.2) is 29.1 Å². The minimum absolute atomic E-state index is 0.0379. The van der Waals surface area contributed by atoms with Gasteiger partial charge in [0, 0.05) is 19.7 Å². The molecule has 3 rings (SSSR count). The SMILES string of the molecule is CCO[C@H]1CCN(C(=O)Cn2c(=O)[nH]c3ccccc32)C1. The summed E-state index contributed by atoms with van der Waals surface area (Å²) < 4.78 is 7.04. The highest BCUT2D eigenvalue weighted by atomic mass is 16.5. The molecule has 6 nitrogen and oxygen atoms in total. The Morgan fingerprint density at radius 3 is 3.05 bits per heavy atom. The fraction of sp³-hybridized carbons (Fsp3) is 0.467. The standard InChI is InChI=1S/C15H19N3O3/c1-2-21-11-7-8-17(9-11)14(19)10-18-13-6-4-3-5-12(13)16-15(18)20/h3-6,11H,2,7-10H2,1H3,(H,16,20)/t11-/m0/s1. The maximum atomic E-state index is 12.4. The molecule has 0 unspecified atom stereocenters. The molecular weight excluding hydrogens is 270 g/mol. The molecule has 0 bridgehead atoms. The van der Waals surface area contributed by atoms with E-state index in [9.17, 15) is 9.59 Å². The number of nitrogens with zero attached hydrogens (tertiary/aromatic N) is 2. The molecule has 1 aromatic carbocycles. The number of aromatic nitrogens is 2. The highest BCUT2D eigenvalue weighted by Crippen LogP contribution is 2.14. The van der Waals surface area contributed by atoms with Crippen molar-refractivity contribution < 1.29 is 9.53 Å². The van der Waals surface area contributed by atoms with Crippen molar-refractivity contribution >= 4 is 16.9 Å². The summed E-state index contributed by atoms with van der Waals surface area (Å²) in [6.45, 7) is 4.00. The molecule has 1 aliphatic heterocycles. The van der Waals surface area contributed by atoms with E-state index in [-0.39, 0.29) is 24.2 Å². The molecule has 112 valence electrons. The van der Waals surface area contributed by atoms with Crippen molar-refractivity contribution in [2.45, 2.75) is 26.0 Å². The van der Waals surface area contributed by atoms with Crippen molar-refractivity contribution in [3.8, 4) is 0 Å². The monoisotopic (exact) mass is 289 g/mol. The lowest BCUT2D eigenvalue weighted by atomic mass is 10.3. The number of aromatic amines is 1. The van der Waals surface area contributed by atoms with E-state index in [1.165, 1.54) is 4.57 Å². The number of nitrogens with one attached hydrogen (secondary N) is 1. The van der Waals surface area contributed by atoms with Crippen LogP contribution in [0.2, 0.25) is 0 Å². The van der Waals surface area contributed by atoms with E-state index in [2.05, 4.69) is 4.98 Å². The van der Waals surface area contributed by atoms with Crippen LogP contribution in [0.1, 0.15) is 13.3 Å². The summed E-state index contributed by atoms with van der Waals surface area (Å²) in [6.07, 6.45) is 0.987. The number of amides is 1. The highest BCUT2D eigenvalue weighted by Gasteiger charge is 2.27. The molecule has 1 fully saturated rings. The van der Waals surface area contributed by atoms with E-state index < -0.39 is 0 Å². The normalized spacial score (nSPS) is 18.5. The molecule has 1 saturated heterocycles. The zero-order valence-electron chi connectivity index (χ0n) is 12.0. The molecule has 0 saturated carbocycles. The van der Waals surface area contributed by atoms with Gasteiger partial charge in [0.1, 0.15) is 6.54 Å². The van der Waals surface area contributed by atoms with Gasteiger partial charge in [-0.2, -0.15) is 0 Å². The first-order valence-electron chi connectivity index (χ1n) is 7.26. The quantitative estimate of drug-likeness (QED) is 0.912. The van der Waals surface area contributed by atoms with Crippen LogP contribution >= 0.6 is 0 Å². The van der Waals surface area contributed by atoms with Gasteiger partial charge in [-0.25, -0.2) is 4.79 Å². The summed E-state index contributed by atoms with van der Waals surface area (Å²) >= 11 is 0. The summed E-state index contributed by atoms with van der Waals surface area (Å²) in [5.74, 6) is -0.0379. The minimum atomic E-state index is -0.245. The van der Waals surface area contributed by atoms with Crippen LogP contribution in [0.4, 0.5) is 0 Å². The largest absolute Gasteiger partial charge is 0.377 e. The topological polar surface area (TPSA) is 67.3 Å². The van der Waals surface area contributed by atoms with Crippen LogP contribution in [-0.4, -0.2) is 46.2 Å². The second-order valence-corrected chi connectivity index (χ2v) is 5.24. The molecule has 1 N–H and O–H groups in total. The van der Waals surface area contributed by atoms with E-state index in [1.54, 1.807) is 4.90 Å². The van der Waals surface area contributed by atoms with Crippen LogP contribution in [0.3, 0.4) is 0 Å². The number of hydrogen-bond donors (Lipinski definition) is 1. The van der Waals surface area contributed by atoms with E-state index in [4.69, 9.17) is 4.74 Å². The molecule has 6 heteroatoms. The molecule has 0 spiro atoms. The number of H-pyrrole nitrogens is 1. The van der Waals surface area contributed by atoms with E-state index in [1.807, 2.05) is 31.2 Å². The Morgan fingerprint density at radius 2 is 2.24 bits per heavy atom. The fourth-order valence-electron chi connectivity index (χ4n) is 2.83. The van der Waals surface area contributed by atoms with Crippen LogP contribution in [0.25, 0.3) is 11.0 Å². The first-order valence-corrected chi connectivity index (χ1v) is 7.26. The van der Waals surface area contributed by atoms with Crippen LogP contribution in [0.5, 0.6) is 0 Å². The van der Waals surface area contributed by atoms with Crippen molar-refractivity contribution in [2.24, 2.45) is 0 Å². The highest BCUT2D eigenvalue weighted by molar-refractivity contribution is 5.80. The van der Waals surface area contributed by atoms with E-state index >= 15 is 0 Å². The number of likely N-dealkylation sites (tertiary alicyclic amines) is 1. The number of ether oxygens (including phenoxy) is 1. The third-order valence-electron chi connectivity index (χ3n) is 3.88. The Hall–Kier alpha value is -2.08. The average molecular weight is 289 g/mol. The molecule has 1 amide bonds. The predicted octanol–water partition coefficient (Wildman–Crippen LogP) is 0.967.